The Morgan fingerprint density at radius 3 is 1.69 bits per heavy atom. The third-order valence-corrected chi connectivity index (χ3v) is 9.43. The summed E-state index contributed by atoms with van der Waals surface area (Å²) in [6, 6.07) is 39.0. The lowest BCUT2D eigenvalue weighted by atomic mass is 9.81. The lowest BCUT2D eigenvalue weighted by Crippen LogP contribution is -2.06. The van der Waals surface area contributed by atoms with Crippen LogP contribution in [-0.2, 0) is 0 Å². The van der Waals surface area contributed by atoms with Gasteiger partial charge in [0.2, 0.25) is 5.75 Å². The lowest BCUT2D eigenvalue weighted by Gasteiger charge is -2.25. The Labute approximate surface area is 277 Å². The lowest BCUT2D eigenvalue weighted by molar-refractivity contribution is 0.364. The quantitative estimate of drug-likeness (QED) is 0.0865. The topological polar surface area (TPSA) is 90.2 Å². The third kappa shape index (κ3) is 4.55. The van der Waals surface area contributed by atoms with Crippen LogP contribution in [0.5, 0.6) is 28.7 Å². The van der Waals surface area contributed by atoms with Gasteiger partial charge < -0.3 is 25.2 Å². The minimum Gasteiger partial charge on any atom is -0.506 e. The summed E-state index contributed by atoms with van der Waals surface area (Å²) >= 11 is 0. The molecule has 7 aromatic rings. The van der Waals surface area contributed by atoms with Crippen molar-refractivity contribution in [2.75, 3.05) is 0 Å². The Morgan fingerprint density at radius 2 is 1.02 bits per heavy atom. The van der Waals surface area contributed by atoms with Crippen molar-refractivity contribution in [1.82, 2.24) is 0 Å². The Morgan fingerprint density at radius 1 is 0.479 bits per heavy atom. The molecule has 4 N–H and O–H groups in total. The standard InChI is InChI=1S/C43H32O5/c1-25-28(22-12-23-34(25)48-35-24-11-16-26-13-5-6-17-29(26)35)37-30-18-7-9-20-32(30)38(33-21-10-8-19-31(33)37)39-40(44)36(27-14-3-2-4-15-27)41(45)43(47)42(39)46/h2-11,13-22,24,44-47H,12,23H2,1H3. The zero-order valence-corrected chi connectivity index (χ0v) is 26.2. The van der Waals surface area contributed by atoms with Crippen LogP contribution in [0.15, 0.2) is 139 Å². The molecule has 234 valence electrons. The summed E-state index contributed by atoms with van der Waals surface area (Å²) in [5.41, 5.74) is 4.26. The molecule has 5 nitrogen and oxygen atoms in total. The Bertz CT molecular complexity index is 2410. The first kappa shape index (κ1) is 29.2. The molecule has 0 heterocycles. The Balaban J connectivity index is 1.38. The van der Waals surface area contributed by atoms with Crippen LogP contribution in [0.3, 0.4) is 0 Å². The van der Waals surface area contributed by atoms with Gasteiger partial charge in [0, 0.05) is 17.4 Å². The second-order valence-corrected chi connectivity index (χ2v) is 12.1. The van der Waals surface area contributed by atoms with Crippen molar-refractivity contribution < 1.29 is 25.2 Å². The molecule has 0 atom stereocenters. The third-order valence-electron chi connectivity index (χ3n) is 9.43. The van der Waals surface area contributed by atoms with Crippen LogP contribution in [0, 0.1) is 0 Å². The van der Waals surface area contributed by atoms with E-state index < -0.39 is 17.2 Å². The molecule has 0 aromatic heterocycles. The van der Waals surface area contributed by atoms with E-state index in [1.54, 1.807) is 24.3 Å². The monoisotopic (exact) mass is 628 g/mol. The van der Waals surface area contributed by atoms with Crippen molar-refractivity contribution in [3.8, 4) is 51.0 Å². The van der Waals surface area contributed by atoms with E-state index in [-0.39, 0.29) is 16.9 Å². The first-order valence-electron chi connectivity index (χ1n) is 16.0. The second kappa shape index (κ2) is 11.6. The number of fused-ring (bicyclic) bond motifs is 3. The minimum absolute atomic E-state index is 0.0436. The highest BCUT2D eigenvalue weighted by Gasteiger charge is 2.29. The van der Waals surface area contributed by atoms with Gasteiger partial charge in [-0.15, -0.1) is 0 Å². The Kier molecular flexibility index (Phi) is 7.03. The smallest absolute Gasteiger partial charge is 0.201 e. The highest BCUT2D eigenvalue weighted by molar-refractivity contribution is 6.21. The summed E-state index contributed by atoms with van der Waals surface area (Å²) in [7, 11) is 0. The summed E-state index contributed by atoms with van der Waals surface area (Å²) < 4.78 is 6.68. The van der Waals surface area contributed by atoms with E-state index in [0.29, 0.717) is 11.1 Å². The zero-order chi connectivity index (χ0) is 32.9. The number of ether oxygens (including phenoxy) is 1. The molecule has 1 aliphatic carbocycles. The summed E-state index contributed by atoms with van der Waals surface area (Å²) in [6.45, 7) is 2.10. The number of hydrogen-bond acceptors (Lipinski definition) is 5. The van der Waals surface area contributed by atoms with E-state index in [9.17, 15) is 20.4 Å². The Hall–Kier alpha value is -6.20. The maximum absolute atomic E-state index is 11.8. The fourth-order valence-corrected chi connectivity index (χ4v) is 7.17. The van der Waals surface area contributed by atoms with Crippen LogP contribution in [0.4, 0.5) is 0 Å². The van der Waals surface area contributed by atoms with E-state index in [2.05, 4.69) is 31.2 Å². The summed E-state index contributed by atoms with van der Waals surface area (Å²) in [4.78, 5) is 0. The molecule has 1 aliphatic rings. The van der Waals surface area contributed by atoms with Crippen LogP contribution in [0.2, 0.25) is 0 Å². The first-order valence-corrected chi connectivity index (χ1v) is 16.0. The average molecular weight is 629 g/mol. The van der Waals surface area contributed by atoms with Gasteiger partial charge in [-0.2, -0.15) is 0 Å². The van der Waals surface area contributed by atoms with E-state index in [4.69, 9.17) is 4.74 Å². The van der Waals surface area contributed by atoms with Crippen molar-refractivity contribution in [1.29, 1.82) is 0 Å². The summed E-state index contributed by atoms with van der Waals surface area (Å²) in [6.07, 6.45) is 3.82. The number of benzene rings is 7. The molecule has 0 spiro atoms. The molecule has 0 saturated carbocycles. The van der Waals surface area contributed by atoms with Crippen LogP contribution in [-0.4, -0.2) is 20.4 Å². The van der Waals surface area contributed by atoms with E-state index >= 15 is 0 Å². The van der Waals surface area contributed by atoms with E-state index in [0.717, 1.165) is 73.4 Å². The van der Waals surface area contributed by atoms with Crippen LogP contribution < -0.4 is 4.74 Å². The van der Waals surface area contributed by atoms with Gasteiger partial charge in [-0.05, 0) is 68.6 Å². The fraction of sp³-hybridized carbons (Fsp3) is 0.0698. The van der Waals surface area contributed by atoms with E-state index in [1.165, 1.54) is 0 Å². The maximum Gasteiger partial charge on any atom is 0.201 e. The molecule has 0 fully saturated rings. The SMILES string of the molecule is CC1=C(Oc2cccc3ccccc23)CCC=C1c1c2ccccc2c(-c2c(O)c(O)c(O)c(-c3ccccc3)c2O)c2ccccc12. The predicted molar refractivity (Wildman–Crippen MR) is 193 cm³/mol. The fourth-order valence-electron chi connectivity index (χ4n) is 7.17. The highest BCUT2D eigenvalue weighted by Crippen LogP contribution is 2.57. The molecular weight excluding hydrogens is 596 g/mol. The van der Waals surface area contributed by atoms with Crippen molar-refractivity contribution in [3.63, 3.8) is 0 Å². The first-order chi connectivity index (χ1) is 23.4. The average Bonchev–Trinajstić information content (AvgIpc) is 3.12. The highest BCUT2D eigenvalue weighted by atomic mass is 16.5. The maximum atomic E-state index is 11.8. The molecule has 0 saturated heterocycles. The summed E-state index contributed by atoms with van der Waals surface area (Å²) in [5.74, 6) is -0.462. The largest absolute Gasteiger partial charge is 0.506 e. The molecule has 0 bridgehead atoms. The van der Waals surface area contributed by atoms with Gasteiger partial charge in [-0.3, -0.25) is 0 Å². The van der Waals surface area contributed by atoms with Crippen molar-refractivity contribution in [2.24, 2.45) is 0 Å². The molecule has 0 amide bonds. The van der Waals surface area contributed by atoms with Gasteiger partial charge in [-0.1, -0.05) is 121 Å². The van der Waals surface area contributed by atoms with Gasteiger partial charge in [-0.25, -0.2) is 0 Å². The number of phenols is 4. The zero-order valence-electron chi connectivity index (χ0n) is 26.2. The minimum atomic E-state index is -0.692. The van der Waals surface area contributed by atoms with Crippen molar-refractivity contribution in [2.45, 2.75) is 19.8 Å². The number of allylic oxidation sites excluding steroid dienone is 4. The van der Waals surface area contributed by atoms with Gasteiger partial charge in [0.15, 0.2) is 11.5 Å². The number of phenolic OH excluding ortho intramolecular Hbond substituents is 4. The van der Waals surface area contributed by atoms with Gasteiger partial charge in [0.25, 0.3) is 0 Å². The van der Waals surface area contributed by atoms with Crippen molar-refractivity contribution >= 4 is 37.9 Å². The molecule has 0 unspecified atom stereocenters. The van der Waals surface area contributed by atoms with Gasteiger partial charge in [0.1, 0.15) is 17.3 Å². The number of hydrogen-bond donors (Lipinski definition) is 4. The van der Waals surface area contributed by atoms with Gasteiger partial charge >= 0.3 is 0 Å². The van der Waals surface area contributed by atoms with E-state index in [1.807, 2.05) is 78.9 Å². The van der Waals surface area contributed by atoms with Crippen LogP contribution >= 0.6 is 0 Å². The molecule has 0 aliphatic heterocycles. The number of aromatic hydroxyl groups is 4. The summed E-state index contributed by atoms with van der Waals surface area (Å²) in [5, 5.41) is 50.8. The molecule has 8 rings (SSSR count). The van der Waals surface area contributed by atoms with Crippen LogP contribution in [0.25, 0.3) is 60.1 Å². The molecule has 48 heavy (non-hydrogen) atoms. The predicted octanol–water partition coefficient (Wildman–Crippen LogP) is 10.8. The van der Waals surface area contributed by atoms with Crippen molar-refractivity contribution in [3.05, 3.63) is 144 Å². The normalized spacial score (nSPS) is 13.3. The molecule has 0 radical (unpaired) electrons. The second-order valence-electron chi connectivity index (χ2n) is 12.1. The van der Waals surface area contributed by atoms with Crippen LogP contribution in [0.1, 0.15) is 25.3 Å². The molecule has 5 heteroatoms. The van der Waals surface area contributed by atoms with Gasteiger partial charge in [0.05, 0.1) is 11.1 Å². The molecular formula is C43H32O5. The number of rotatable bonds is 5. The molecule has 7 aromatic carbocycles.